The standard InChI is InChI=1S/C31H30O9/c32-22-18-10-4-5-11-19(18)23(33)21-20(22)15-17(14-16-8-2-1-3-9-16)28(24(21)34)39-30-27(37)25(35)26(36)29(40-30)31(38)12-6-7-13-31/h1-5,8-11,15,25-27,29-30,34-38H,6-7,12-14H2. The number of phenolic OH excluding ortho intramolecular Hbond substituents is 1. The largest absolute Gasteiger partial charge is 0.504 e. The second-order valence-corrected chi connectivity index (χ2v) is 10.8. The molecule has 0 bridgehead atoms. The van der Waals surface area contributed by atoms with E-state index in [2.05, 4.69) is 0 Å². The number of benzene rings is 3. The summed E-state index contributed by atoms with van der Waals surface area (Å²) < 4.78 is 11.9. The number of rotatable bonds is 5. The number of ketones is 2. The first kappa shape index (κ1) is 26.6. The minimum absolute atomic E-state index is 0.0261. The van der Waals surface area contributed by atoms with Gasteiger partial charge in [-0.25, -0.2) is 0 Å². The van der Waals surface area contributed by atoms with Crippen LogP contribution in [0, 0.1) is 0 Å². The van der Waals surface area contributed by atoms with E-state index in [0.717, 1.165) is 5.56 Å². The topological polar surface area (TPSA) is 154 Å². The molecule has 0 amide bonds. The highest BCUT2D eigenvalue weighted by atomic mass is 16.7. The van der Waals surface area contributed by atoms with Crippen LogP contribution in [0.3, 0.4) is 0 Å². The summed E-state index contributed by atoms with van der Waals surface area (Å²) in [6.07, 6.45) is -5.60. The second-order valence-electron chi connectivity index (χ2n) is 10.8. The van der Waals surface area contributed by atoms with Crippen molar-refractivity contribution in [1.29, 1.82) is 0 Å². The van der Waals surface area contributed by atoms with E-state index in [1.165, 1.54) is 12.1 Å². The molecule has 0 aromatic heterocycles. The van der Waals surface area contributed by atoms with Gasteiger partial charge in [-0.2, -0.15) is 0 Å². The van der Waals surface area contributed by atoms with Crippen molar-refractivity contribution in [1.82, 2.24) is 0 Å². The van der Waals surface area contributed by atoms with Crippen molar-refractivity contribution in [2.75, 3.05) is 0 Å². The zero-order valence-electron chi connectivity index (χ0n) is 21.6. The number of phenols is 1. The third-order valence-electron chi connectivity index (χ3n) is 8.26. The van der Waals surface area contributed by atoms with E-state index < -0.39 is 53.6 Å². The minimum atomic E-state index is -1.74. The maximum absolute atomic E-state index is 13.5. The molecular weight excluding hydrogens is 516 g/mol. The summed E-state index contributed by atoms with van der Waals surface area (Å²) in [5, 5.41) is 54.7. The number of carbonyl (C=O) groups is 2. The predicted octanol–water partition coefficient (Wildman–Crippen LogP) is 2.25. The third kappa shape index (κ3) is 4.31. The summed E-state index contributed by atoms with van der Waals surface area (Å²) in [6, 6.07) is 17.1. The van der Waals surface area contributed by atoms with Crippen LogP contribution in [-0.4, -0.2) is 73.4 Å². The Labute approximate surface area is 230 Å². The zero-order valence-corrected chi connectivity index (χ0v) is 21.6. The van der Waals surface area contributed by atoms with Crippen molar-refractivity contribution in [2.24, 2.45) is 0 Å². The van der Waals surface area contributed by atoms with Crippen molar-refractivity contribution in [3.8, 4) is 11.5 Å². The van der Waals surface area contributed by atoms with Gasteiger partial charge in [-0.05, 0) is 24.5 Å². The van der Waals surface area contributed by atoms with Gasteiger partial charge in [0.05, 0.1) is 11.2 Å². The summed E-state index contributed by atoms with van der Waals surface area (Å²) in [7, 11) is 0. The Morgan fingerprint density at radius 1 is 0.825 bits per heavy atom. The molecule has 2 fully saturated rings. The third-order valence-corrected chi connectivity index (χ3v) is 8.26. The van der Waals surface area contributed by atoms with Gasteiger partial charge in [0.2, 0.25) is 6.29 Å². The van der Waals surface area contributed by atoms with Gasteiger partial charge < -0.3 is 35.0 Å². The molecule has 40 heavy (non-hydrogen) atoms. The van der Waals surface area contributed by atoms with Crippen LogP contribution in [0.4, 0.5) is 0 Å². The zero-order chi connectivity index (χ0) is 28.2. The normalized spacial score (nSPS) is 27.2. The van der Waals surface area contributed by atoms with E-state index in [1.807, 2.05) is 30.3 Å². The first-order valence-corrected chi connectivity index (χ1v) is 13.4. The van der Waals surface area contributed by atoms with E-state index in [4.69, 9.17) is 9.47 Å². The molecule has 1 saturated carbocycles. The van der Waals surface area contributed by atoms with Crippen LogP contribution in [-0.2, 0) is 11.2 Å². The van der Waals surface area contributed by atoms with Gasteiger partial charge in [-0.1, -0.05) is 67.4 Å². The van der Waals surface area contributed by atoms with E-state index >= 15 is 0 Å². The molecule has 3 aliphatic rings. The van der Waals surface area contributed by atoms with Crippen LogP contribution in [0.25, 0.3) is 0 Å². The number of hydrogen-bond donors (Lipinski definition) is 5. The van der Waals surface area contributed by atoms with Gasteiger partial charge in [0, 0.05) is 28.7 Å². The lowest BCUT2D eigenvalue weighted by atomic mass is 9.82. The van der Waals surface area contributed by atoms with Crippen LogP contribution in [0.5, 0.6) is 11.5 Å². The van der Waals surface area contributed by atoms with Crippen molar-refractivity contribution < 1.29 is 44.6 Å². The van der Waals surface area contributed by atoms with Crippen LogP contribution < -0.4 is 4.74 Å². The molecular formula is C31H30O9. The molecule has 3 aromatic carbocycles. The van der Waals surface area contributed by atoms with E-state index in [-0.39, 0.29) is 34.4 Å². The second kappa shape index (κ2) is 10.1. The van der Waals surface area contributed by atoms with Gasteiger partial charge in [0.1, 0.15) is 24.4 Å². The molecule has 5 atom stereocenters. The number of aromatic hydroxyl groups is 1. The molecule has 1 saturated heterocycles. The van der Waals surface area contributed by atoms with Gasteiger partial charge in [-0.3, -0.25) is 9.59 Å². The Bertz CT molecular complexity index is 1460. The lowest BCUT2D eigenvalue weighted by molar-refractivity contribution is -0.304. The van der Waals surface area contributed by atoms with E-state index in [0.29, 0.717) is 31.2 Å². The van der Waals surface area contributed by atoms with Gasteiger partial charge in [0.25, 0.3) is 0 Å². The summed E-state index contributed by atoms with van der Waals surface area (Å²) in [5.74, 6) is -1.77. The Morgan fingerprint density at radius 3 is 2.12 bits per heavy atom. The number of aliphatic hydroxyl groups is 4. The fraction of sp³-hybridized carbons (Fsp3) is 0.355. The Kier molecular flexibility index (Phi) is 6.72. The summed E-state index contributed by atoms with van der Waals surface area (Å²) >= 11 is 0. The number of fused-ring (bicyclic) bond motifs is 2. The lowest BCUT2D eigenvalue weighted by Gasteiger charge is -2.45. The van der Waals surface area contributed by atoms with Crippen molar-refractivity contribution in [3.05, 3.63) is 94.0 Å². The molecule has 2 aliphatic carbocycles. The molecule has 5 unspecified atom stereocenters. The number of hydrogen-bond acceptors (Lipinski definition) is 9. The number of ether oxygens (including phenoxy) is 2. The molecule has 1 heterocycles. The molecule has 5 N–H and O–H groups in total. The van der Waals surface area contributed by atoms with Crippen molar-refractivity contribution in [3.63, 3.8) is 0 Å². The molecule has 9 heteroatoms. The fourth-order valence-corrected chi connectivity index (χ4v) is 6.13. The van der Waals surface area contributed by atoms with Gasteiger partial charge >= 0.3 is 0 Å². The van der Waals surface area contributed by atoms with E-state index in [9.17, 15) is 35.1 Å². The van der Waals surface area contributed by atoms with Crippen LogP contribution in [0.15, 0.2) is 60.7 Å². The number of carbonyl (C=O) groups excluding carboxylic acids is 2. The average molecular weight is 547 g/mol. The van der Waals surface area contributed by atoms with Crippen LogP contribution >= 0.6 is 0 Å². The van der Waals surface area contributed by atoms with Crippen molar-refractivity contribution >= 4 is 11.6 Å². The van der Waals surface area contributed by atoms with Crippen molar-refractivity contribution in [2.45, 2.75) is 68.4 Å². The molecule has 0 radical (unpaired) electrons. The van der Waals surface area contributed by atoms with Gasteiger partial charge in [0.15, 0.2) is 23.1 Å². The van der Waals surface area contributed by atoms with Gasteiger partial charge in [-0.15, -0.1) is 0 Å². The highest BCUT2D eigenvalue weighted by molar-refractivity contribution is 6.29. The summed E-state index contributed by atoms with van der Waals surface area (Å²) in [4.78, 5) is 26.9. The van der Waals surface area contributed by atoms with Crippen LogP contribution in [0.2, 0.25) is 0 Å². The minimum Gasteiger partial charge on any atom is -0.504 e. The summed E-state index contributed by atoms with van der Waals surface area (Å²) in [5.41, 5.74) is -0.0944. The average Bonchev–Trinajstić information content (AvgIpc) is 3.41. The SMILES string of the molecule is O=C1c2ccccc2C(=O)c2c1cc(Cc1ccccc1)c(OC1OC(C3(O)CCCC3)C(O)C(O)C1O)c2O. The fourth-order valence-electron chi connectivity index (χ4n) is 6.13. The van der Waals surface area contributed by atoms with Crippen LogP contribution in [0.1, 0.15) is 68.7 Å². The molecule has 0 spiro atoms. The smallest absolute Gasteiger partial charge is 0.229 e. The maximum Gasteiger partial charge on any atom is 0.229 e. The summed E-state index contributed by atoms with van der Waals surface area (Å²) in [6.45, 7) is 0. The first-order valence-electron chi connectivity index (χ1n) is 13.4. The lowest BCUT2D eigenvalue weighted by Crippen LogP contribution is -2.65. The Morgan fingerprint density at radius 2 is 1.45 bits per heavy atom. The van der Waals surface area contributed by atoms with E-state index in [1.54, 1.807) is 18.2 Å². The number of aliphatic hydroxyl groups excluding tert-OH is 3. The molecule has 1 aliphatic heterocycles. The Balaban J connectivity index is 1.44. The highest BCUT2D eigenvalue weighted by Crippen LogP contribution is 2.44. The first-order chi connectivity index (χ1) is 19.2. The molecule has 208 valence electrons. The highest BCUT2D eigenvalue weighted by Gasteiger charge is 2.54. The quantitative estimate of drug-likeness (QED) is 0.254. The predicted molar refractivity (Wildman–Crippen MR) is 141 cm³/mol. The monoisotopic (exact) mass is 546 g/mol. The maximum atomic E-state index is 13.5. The molecule has 6 rings (SSSR count). The molecule has 9 nitrogen and oxygen atoms in total. The Hall–Kier alpha value is -3.60. The molecule has 3 aromatic rings.